The van der Waals surface area contributed by atoms with Crippen molar-refractivity contribution in [1.29, 1.82) is 0 Å². The first-order chi connectivity index (χ1) is 16.7. The predicted octanol–water partition coefficient (Wildman–Crippen LogP) is 0.837. The number of aromatic amines is 1. The Bertz CT molecular complexity index is 1340. The van der Waals surface area contributed by atoms with Crippen LogP contribution in [0.4, 0.5) is 17.3 Å². The van der Waals surface area contributed by atoms with Gasteiger partial charge in [0.05, 0.1) is 13.2 Å². The van der Waals surface area contributed by atoms with Gasteiger partial charge in [-0.25, -0.2) is 4.79 Å². The van der Waals surface area contributed by atoms with E-state index in [2.05, 4.69) is 9.97 Å². The van der Waals surface area contributed by atoms with E-state index >= 15 is 0 Å². The molecule has 0 aliphatic carbocycles. The van der Waals surface area contributed by atoms with Gasteiger partial charge < -0.3 is 25.3 Å². The quantitative estimate of drug-likeness (QED) is 0.312. The topological polar surface area (TPSA) is 176 Å². The number of aromatic nitrogens is 3. The monoisotopic (exact) mass is 484 g/mol. The minimum absolute atomic E-state index is 0.0364. The van der Waals surface area contributed by atoms with Crippen molar-refractivity contribution in [2.45, 2.75) is 13.5 Å². The van der Waals surface area contributed by atoms with Crippen molar-refractivity contribution in [1.82, 2.24) is 14.5 Å². The van der Waals surface area contributed by atoms with Crippen LogP contribution in [-0.4, -0.2) is 52.2 Å². The number of nitro groups is 1. The summed E-state index contributed by atoms with van der Waals surface area (Å²) in [4.78, 5) is 55.8. The number of nitrogens with zero attached hydrogens (tertiary/aromatic N) is 4. The van der Waals surface area contributed by atoms with E-state index in [1.54, 1.807) is 31.2 Å². The van der Waals surface area contributed by atoms with Crippen LogP contribution < -0.4 is 26.6 Å². The maximum absolute atomic E-state index is 13.1. The van der Waals surface area contributed by atoms with Crippen LogP contribution in [0.1, 0.15) is 11.3 Å². The van der Waals surface area contributed by atoms with Crippen LogP contribution in [0.25, 0.3) is 0 Å². The summed E-state index contributed by atoms with van der Waals surface area (Å²) in [6.07, 6.45) is 0. The number of pyridine rings is 1. The Morgan fingerprint density at radius 2 is 1.94 bits per heavy atom. The largest absolute Gasteiger partial charge is 0.476 e. The van der Waals surface area contributed by atoms with Crippen molar-refractivity contribution >= 4 is 23.2 Å². The number of nitrogens with two attached hydrogens (primary N) is 1. The Morgan fingerprint density at radius 1 is 1.23 bits per heavy atom. The van der Waals surface area contributed by atoms with Gasteiger partial charge in [0.15, 0.2) is 12.3 Å². The van der Waals surface area contributed by atoms with Gasteiger partial charge in [0.1, 0.15) is 11.5 Å². The lowest BCUT2D eigenvalue weighted by molar-refractivity contribution is -0.390. The molecule has 3 aromatic rings. The van der Waals surface area contributed by atoms with Crippen LogP contribution in [-0.2, 0) is 16.1 Å². The van der Waals surface area contributed by atoms with Crippen molar-refractivity contribution in [3.63, 3.8) is 0 Å². The number of H-pyrrole nitrogens is 1. The molecular weight excluding hydrogens is 460 g/mol. The van der Waals surface area contributed by atoms with Gasteiger partial charge in [0.2, 0.25) is 5.75 Å². The predicted molar refractivity (Wildman–Crippen MR) is 127 cm³/mol. The molecule has 3 N–H and O–H groups in total. The molecule has 0 aliphatic rings. The Hall–Kier alpha value is -4.52. The lowest BCUT2D eigenvalue weighted by Gasteiger charge is -2.24. The van der Waals surface area contributed by atoms with Gasteiger partial charge in [0.25, 0.3) is 11.5 Å². The summed E-state index contributed by atoms with van der Waals surface area (Å²) in [5.41, 5.74) is 5.47. The normalized spacial score (nSPS) is 10.7. The number of hydrogen-bond donors (Lipinski definition) is 2. The molecule has 0 spiro atoms. The molecule has 13 nitrogen and oxygen atoms in total. The average Bonchev–Trinajstić information content (AvgIpc) is 2.83. The number of nitrogen functional groups attached to an aromatic ring is 1. The lowest BCUT2D eigenvalue weighted by Crippen LogP contribution is -2.44. The summed E-state index contributed by atoms with van der Waals surface area (Å²) in [6, 6.07) is 11.8. The number of nitrogens with one attached hydrogen (secondary N) is 1. The van der Waals surface area contributed by atoms with Crippen molar-refractivity contribution in [2.24, 2.45) is 0 Å². The van der Waals surface area contributed by atoms with E-state index in [0.717, 1.165) is 15.0 Å². The number of rotatable bonds is 10. The lowest BCUT2D eigenvalue weighted by atomic mass is 10.2. The molecule has 0 fully saturated rings. The number of carbonyl (C=O) groups excluding carboxylic acids is 1. The van der Waals surface area contributed by atoms with E-state index in [1.807, 2.05) is 6.07 Å². The fraction of sp³-hybridized carbons (Fsp3) is 0.273. The highest BCUT2D eigenvalue weighted by molar-refractivity contribution is 5.96. The van der Waals surface area contributed by atoms with Crippen LogP contribution in [0.2, 0.25) is 0 Å². The molecule has 1 amide bonds. The van der Waals surface area contributed by atoms with E-state index in [4.69, 9.17) is 15.2 Å². The van der Waals surface area contributed by atoms with Gasteiger partial charge >= 0.3 is 11.5 Å². The first-order valence-electron chi connectivity index (χ1n) is 10.4. The highest BCUT2D eigenvalue weighted by Crippen LogP contribution is 2.25. The third-order valence-corrected chi connectivity index (χ3v) is 4.99. The van der Waals surface area contributed by atoms with Crippen molar-refractivity contribution < 1.29 is 19.2 Å². The Balaban J connectivity index is 1.95. The van der Waals surface area contributed by atoms with Gasteiger partial charge in [-0.1, -0.05) is 30.3 Å². The number of anilines is 2. The summed E-state index contributed by atoms with van der Waals surface area (Å²) in [6.45, 7) is 0.914. The average molecular weight is 484 g/mol. The first-order valence-corrected chi connectivity index (χ1v) is 10.4. The summed E-state index contributed by atoms with van der Waals surface area (Å²) in [5, 5.41) is 11.3. The zero-order chi connectivity index (χ0) is 25.5. The van der Waals surface area contributed by atoms with Crippen molar-refractivity contribution in [3.8, 4) is 5.75 Å². The zero-order valence-corrected chi connectivity index (χ0v) is 19.1. The standard InChI is InChI=1S/C22H24N6O7/c1-14-8-9-16(20(24-14)28(32)33)35-13-17(29)26(10-11-34-2)18-19(23)27(22(31)25-21(18)30)12-15-6-4-3-5-7-15/h3-9H,10-13,23H2,1-2H3,(H,25,30,31). The number of aryl methyl sites for hydroxylation is 1. The summed E-state index contributed by atoms with van der Waals surface area (Å²) >= 11 is 0. The maximum Gasteiger partial charge on any atom is 0.406 e. The maximum atomic E-state index is 13.1. The molecule has 184 valence electrons. The SMILES string of the molecule is COCCN(C(=O)COc1ccc(C)nc1[N+](=O)[O-])c1c(N)n(Cc2ccccc2)c(=O)[nH]c1=O. The van der Waals surface area contributed by atoms with Gasteiger partial charge in [-0.05, 0) is 27.6 Å². The number of hydrogen-bond acceptors (Lipinski definition) is 9. The number of amides is 1. The summed E-state index contributed by atoms with van der Waals surface area (Å²) < 4.78 is 11.5. The van der Waals surface area contributed by atoms with Gasteiger partial charge in [-0.2, -0.15) is 0 Å². The third-order valence-electron chi connectivity index (χ3n) is 4.99. The van der Waals surface area contributed by atoms with E-state index in [-0.39, 0.29) is 37.0 Å². The summed E-state index contributed by atoms with van der Waals surface area (Å²) in [7, 11) is 1.41. The second-order valence-electron chi connectivity index (χ2n) is 7.42. The smallest absolute Gasteiger partial charge is 0.406 e. The van der Waals surface area contributed by atoms with Gasteiger partial charge in [-0.3, -0.25) is 24.0 Å². The van der Waals surface area contributed by atoms with Crippen LogP contribution in [0.3, 0.4) is 0 Å². The fourth-order valence-electron chi connectivity index (χ4n) is 3.30. The molecule has 1 aromatic carbocycles. The molecule has 0 saturated carbocycles. The molecular formula is C22H24N6O7. The van der Waals surface area contributed by atoms with E-state index < -0.39 is 34.5 Å². The molecule has 0 saturated heterocycles. The summed E-state index contributed by atoms with van der Waals surface area (Å²) in [5.74, 6) is -1.72. The minimum atomic E-state index is -0.871. The number of benzene rings is 1. The minimum Gasteiger partial charge on any atom is -0.476 e. The van der Waals surface area contributed by atoms with Gasteiger partial charge in [0, 0.05) is 20.6 Å². The molecule has 0 radical (unpaired) electrons. The van der Waals surface area contributed by atoms with Crippen LogP contribution in [0.5, 0.6) is 5.75 Å². The molecule has 2 heterocycles. The second kappa shape index (κ2) is 11.1. The highest BCUT2D eigenvalue weighted by atomic mass is 16.6. The molecule has 3 rings (SSSR count). The second-order valence-corrected chi connectivity index (χ2v) is 7.42. The van der Waals surface area contributed by atoms with Crippen LogP contribution in [0, 0.1) is 17.0 Å². The molecule has 35 heavy (non-hydrogen) atoms. The fourth-order valence-corrected chi connectivity index (χ4v) is 3.30. The van der Waals surface area contributed by atoms with Crippen molar-refractivity contribution in [3.05, 3.63) is 84.7 Å². The Labute approximate surface area is 198 Å². The van der Waals surface area contributed by atoms with E-state index in [0.29, 0.717) is 5.69 Å². The molecule has 0 aliphatic heterocycles. The third kappa shape index (κ3) is 5.89. The number of ether oxygens (including phenoxy) is 2. The Kier molecular flexibility index (Phi) is 7.94. The van der Waals surface area contributed by atoms with Crippen molar-refractivity contribution in [2.75, 3.05) is 37.5 Å². The van der Waals surface area contributed by atoms with Crippen LogP contribution >= 0.6 is 0 Å². The van der Waals surface area contributed by atoms with Gasteiger partial charge in [-0.15, -0.1) is 0 Å². The number of methoxy groups -OCH3 is 1. The molecule has 0 bridgehead atoms. The zero-order valence-electron chi connectivity index (χ0n) is 19.1. The molecule has 13 heteroatoms. The molecule has 2 aromatic heterocycles. The van der Waals surface area contributed by atoms with E-state index in [9.17, 15) is 24.5 Å². The molecule has 0 atom stereocenters. The highest BCUT2D eigenvalue weighted by Gasteiger charge is 2.26. The van der Waals surface area contributed by atoms with Crippen LogP contribution in [0.15, 0.2) is 52.1 Å². The molecule has 0 unspecified atom stereocenters. The number of carbonyl (C=O) groups is 1. The first kappa shape index (κ1) is 25.1. The van der Waals surface area contributed by atoms with E-state index in [1.165, 1.54) is 19.2 Å². The Morgan fingerprint density at radius 3 is 2.60 bits per heavy atom.